The van der Waals surface area contributed by atoms with Crippen LogP contribution in [0.2, 0.25) is 0 Å². The minimum atomic E-state index is -2.94. The summed E-state index contributed by atoms with van der Waals surface area (Å²) < 4.78 is 40.2. The van der Waals surface area contributed by atoms with Crippen LogP contribution in [-0.4, -0.2) is 37.3 Å². The summed E-state index contributed by atoms with van der Waals surface area (Å²) in [5.74, 6) is 0.129. The number of hydrogen-bond donors (Lipinski definition) is 1. The van der Waals surface area contributed by atoms with Crippen molar-refractivity contribution in [2.75, 3.05) is 14.2 Å². The van der Waals surface area contributed by atoms with Gasteiger partial charge in [0.2, 0.25) is 0 Å². The Hall–Kier alpha value is -2.87. The van der Waals surface area contributed by atoms with E-state index in [1.54, 1.807) is 19.2 Å². The Kier molecular flexibility index (Phi) is 8.62. The van der Waals surface area contributed by atoms with Crippen LogP contribution in [0.3, 0.4) is 0 Å². The van der Waals surface area contributed by atoms with Gasteiger partial charge in [0.25, 0.3) is 0 Å². The van der Waals surface area contributed by atoms with Crippen molar-refractivity contribution in [1.82, 2.24) is 10.2 Å². The van der Waals surface area contributed by atoms with Crippen molar-refractivity contribution in [3.63, 3.8) is 0 Å². The molecule has 1 N–H and O–H groups in total. The van der Waals surface area contributed by atoms with Crippen molar-refractivity contribution in [3.05, 3.63) is 59.2 Å². The van der Waals surface area contributed by atoms with Crippen LogP contribution in [0.1, 0.15) is 37.5 Å². The topological polar surface area (TPSA) is 60.0 Å². The molecule has 0 aromatic heterocycles. The lowest BCUT2D eigenvalue weighted by molar-refractivity contribution is -0.0512. The maximum absolute atomic E-state index is 12.5. The Morgan fingerprint density at radius 3 is 2.42 bits per heavy atom. The number of amides is 2. The minimum absolute atomic E-state index is 0.0522. The Bertz CT molecular complexity index is 869. The van der Waals surface area contributed by atoms with E-state index in [1.165, 1.54) is 18.1 Å². The van der Waals surface area contributed by atoms with Crippen LogP contribution in [0.4, 0.5) is 13.6 Å². The molecule has 6 nitrogen and oxygen atoms in total. The van der Waals surface area contributed by atoms with Crippen molar-refractivity contribution < 1.29 is 27.8 Å². The van der Waals surface area contributed by atoms with Gasteiger partial charge in [-0.1, -0.05) is 30.3 Å². The van der Waals surface area contributed by atoms with Crippen LogP contribution >= 0.6 is 0 Å². The highest BCUT2D eigenvalue weighted by Crippen LogP contribution is 2.29. The summed E-state index contributed by atoms with van der Waals surface area (Å²) in [6, 6.07) is 12.2. The molecule has 0 saturated carbocycles. The highest BCUT2D eigenvalue weighted by Gasteiger charge is 2.14. The number of halogens is 2. The van der Waals surface area contributed by atoms with E-state index < -0.39 is 6.61 Å². The molecule has 0 spiro atoms. The molecule has 2 aromatic carbocycles. The molecule has 2 rings (SSSR count). The maximum atomic E-state index is 12.5. The molecule has 0 atom stereocenters. The van der Waals surface area contributed by atoms with Crippen LogP contribution < -0.4 is 14.8 Å². The molecular formula is C23H30F2N2O4. The smallest absolute Gasteiger partial charge is 0.387 e. The first kappa shape index (κ1) is 24.4. The number of benzene rings is 2. The number of alkyl halides is 2. The van der Waals surface area contributed by atoms with Gasteiger partial charge in [0, 0.05) is 20.1 Å². The van der Waals surface area contributed by atoms with Crippen LogP contribution in [0.5, 0.6) is 11.5 Å². The van der Waals surface area contributed by atoms with Crippen LogP contribution in [0, 0.1) is 0 Å². The normalized spacial score (nSPS) is 11.4. The van der Waals surface area contributed by atoms with Crippen LogP contribution in [0.15, 0.2) is 42.5 Å². The molecule has 170 valence electrons. The molecule has 0 saturated heterocycles. The second kappa shape index (κ2) is 10.9. The lowest BCUT2D eigenvalue weighted by Crippen LogP contribution is -2.36. The third kappa shape index (κ3) is 8.41. The SMILES string of the molecule is COc1cc(CN(C)C(=O)NCc2cccc(COC(C)(C)C)c2)ccc1OC(F)F. The molecule has 0 aliphatic heterocycles. The zero-order valence-electron chi connectivity index (χ0n) is 18.6. The minimum Gasteiger partial charge on any atom is -0.493 e. The molecule has 0 aliphatic rings. The number of nitrogens with one attached hydrogen (secondary N) is 1. The van der Waals surface area contributed by atoms with Gasteiger partial charge in [0.05, 0.1) is 19.3 Å². The van der Waals surface area contributed by atoms with E-state index in [2.05, 4.69) is 10.1 Å². The monoisotopic (exact) mass is 436 g/mol. The maximum Gasteiger partial charge on any atom is 0.387 e. The number of urea groups is 1. The molecule has 31 heavy (non-hydrogen) atoms. The standard InChI is InChI=1S/C23H30F2N2O4/c1-23(2,3)30-15-18-8-6-7-16(11-18)13-26-22(28)27(4)14-17-9-10-19(31-21(24)25)20(12-17)29-5/h6-12,21H,13-15H2,1-5H3,(H,26,28). The van der Waals surface area contributed by atoms with Gasteiger partial charge in [-0.25, -0.2) is 4.79 Å². The molecule has 0 radical (unpaired) electrons. The average molecular weight is 436 g/mol. The fourth-order valence-electron chi connectivity index (χ4n) is 2.79. The van der Waals surface area contributed by atoms with Gasteiger partial charge in [-0.15, -0.1) is 0 Å². The summed E-state index contributed by atoms with van der Waals surface area (Å²) in [4.78, 5) is 14.0. The lowest BCUT2D eigenvalue weighted by Gasteiger charge is -2.20. The number of nitrogens with zero attached hydrogens (tertiary/aromatic N) is 1. The predicted molar refractivity (Wildman–Crippen MR) is 114 cm³/mol. The first-order valence-corrected chi connectivity index (χ1v) is 9.90. The van der Waals surface area contributed by atoms with Gasteiger partial charge < -0.3 is 24.4 Å². The van der Waals surface area contributed by atoms with Gasteiger partial charge in [-0.3, -0.25) is 0 Å². The summed E-state index contributed by atoms with van der Waals surface area (Å²) in [7, 11) is 3.02. The zero-order valence-corrected chi connectivity index (χ0v) is 18.6. The van der Waals surface area contributed by atoms with Crippen molar-refractivity contribution in [1.29, 1.82) is 0 Å². The van der Waals surface area contributed by atoms with E-state index in [9.17, 15) is 13.6 Å². The zero-order chi connectivity index (χ0) is 23.0. The summed E-state index contributed by atoms with van der Waals surface area (Å²) >= 11 is 0. The molecule has 0 heterocycles. The van der Waals surface area contributed by atoms with Crippen molar-refractivity contribution in [3.8, 4) is 11.5 Å². The molecule has 2 amide bonds. The number of rotatable bonds is 9. The molecule has 0 bridgehead atoms. The van der Waals surface area contributed by atoms with E-state index in [1.807, 2.05) is 45.0 Å². The summed E-state index contributed by atoms with van der Waals surface area (Å²) in [5.41, 5.74) is 2.50. The van der Waals surface area contributed by atoms with Gasteiger partial charge in [0.15, 0.2) is 11.5 Å². The van der Waals surface area contributed by atoms with Gasteiger partial charge in [-0.05, 0) is 49.6 Å². The van der Waals surface area contributed by atoms with Crippen molar-refractivity contribution in [2.24, 2.45) is 0 Å². The van der Waals surface area contributed by atoms with Crippen LogP contribution in [-0.2, 0) is 24.4 Å². The molecule has 0 fully saturated rings. The highest BCUT2D eigenvalue weighted by atomic mass is 19.3. The number of hydrogen-bond acceptors (Lipinski definition) is 4. The Morgan fingerprint density at radius 1 is 1.06 bits per heavy atom. The van der Waals surface area contributed by atoms with Crippen molar-refractivity contribution in [2.45, 2.75) is 52.7 Å². The Morgan fingerprint density at radius 2 is 1.77 bits per heavy atom. The quantitative estimate of drug-likeness (QED) is 0.604. The molecule has 0 aliphatic carbocycles. The summed E-state index contributed by atoms with van der Waals surface area (Å²) in [6.07, 6.45) is 0. The van der Waals surface area contributed by atoms with E-state index in [0.29, 0.717) is 13.2 Å². The number of methoxy groups -OCH3 is 1. The third-order valence-corrected chi connectivity index (χ3v) is 4.32. The van der Waals surface area contributed by atoms with Crippen LogP contribution in [0.25, 0.3) is 0 Å². The van der Waals surface area contributed by atoms with Gasteiger partial charge in [0.1, 0.15) is 0 Å². The average Bonchev–Trinajstić information content (AvgIpc) is 2.71. The first-order valence-electron chi connectivity index (χ1n) is 9.90. The number of carbonyl (C=O) groups excluding carboxylic acids is 1. The Labute approximate surface area is 182 Å². The van der Waals surface area contributed by atoms with Gasteiger partial charge >= 0.3 is 12.6 Å². The van der Waals surface area contributed by atoms with E-state index in [4.69, 9.17) is 9.47 Å². The first-order chi connectivity index (χ1) is 14.6. The predicted octanol–water partition coefficient (Wildman–Crippen LogP) is 4.95. The van der Waals surface area contributed by atoms with E-state index in [0.717, 1.165) is 16.7 Å². The highest BCUT2D eigenvalue weighted by molar-refractivity contribution is 5.73. The fourth-order valence-corrected chi connectivity index (χ4v) is 2.79. The van der Waals surface area contributed by atoms with E-state index in [-0.39, 0.29) is 29.7 Å². The molecular weight excluding hydrogens is 406 g/mol. The molecule has 0 unspecified atom stereocenters. The third-order valence-electron chi connectivity index (χ3n) is 4.32. The summed E-state index contributed by atoms with van der Waals surface area (Å²) in [5, 5.41) is 2.88. The molecule has 8 heteroatoms. The number of carbonyl (C=O) groups is 1. The number of ether oxygens (including phenoxy) is 3. The Balaban J connectivity index is 1.91. The lowest BCUT2D eigenvalue weighted by atomic mass is 10.1. The fraction of sp³-hybridized carbons (Fsp3) is 0.435. The summed E-state index contributed by atoms with van der Waals surface area (Å²) in [6.45, 7) is 4.21. The second-order valence-electron chi connectivity index (χ2n) is 8.10. The largest absolute Gasteiger partial charge is 0.493 e. The van der Waals surface area contributed by atoms with Crippen molar-refractivity contribution >= 4 is 6.03 Å². The van der Waals surface area contributed by atoms with Gasteiger partial charge in [-0.2, -0.15) is 8.78 Å². The van der Waals surface area contributed by atoms with E-state index >= 15 is 0 Å². The second-order valence-corrected chi connectivity index (χ2v) is 8.10. The molecule has 2 aromatic rings.